The summed E-state index contributed by atoms with van der Waals surface area (Å²) in [4.78, 5) is 4.54. The molecule has 2 aromatic carbocycles. The number of anilines is 1. The van der Waals surface area contributed by atoms with E-state index in [4.69, 9.17) is 10.2 Å². The summed E-state index contributed by atoms with van der Waals surface area (Å²) in [5, 5.41) is 0. The summed E-state index contributed by atoms with van der Waals surface area (Å²) in [7, 11) is 0. The molecule has 0 bridgehead atoms. The lowest BCUT2D eigenvalue weighted by molar-refractivity contribution is 0.621. The van der Waals surface area contributed by atoms with Crippen molar-refractivity contribution in [3.05, 3.63) is 48.0 Å². The van der Waals surface area contributed by atoms with Crippen molar-refractivity contribution in [3.63, 3.8) is 0 Å². The summed E-state index contributed by atoms with van der Waals surface area (Å²) < 4.78 is 5.78. The van der Waals surface area contributed by atoms with Gasteiger partial charge in [0.25, 0.3) is 0 Å². The van der Waals surface area contributed by atoms with Gasteiger partial charge in [-0.05, 0) is 36.2 Å². The third-order valence-electron chi connectivity index (χ3n) is 3.14. The van der Waals surface area contributed by atoms with Crippen molar-refractivity contribution in [3.8, 4) is 11.5 Å². The first-order valence-electron chi connectivity index (χ1n) is 6.52. The average molecular weight is 252 g/mol. The Morgan fingerprint density at radius 2 is 1.95 bits per heavy atom. The number of aromatic nitrogens is 1. The Kier molecular flexibility index (Phi) is 2.95. The minimum absolute atomic E-state index is 0.621. The van der Waals surface area contributed by atoms with Gasteiger partial charge in [-0.25, -0.2) is 4.98 Å². The number of oxazole rings is 1. The molecule has 2 N–H and O–H groups in total. The Bertz CT molecular complexity index is 701. The lowest BCUT2D eigenvalue weighted by atomic mass is 10.1. The van der Waals surface area contributed by atoms with Gasteiger partial charge in [0.15, 0.2) is 5.58 Å². The van der Waals surface area contributed by atoms with Crippen LogP contribution in [0.25, 0.3) is 22.6 Å². The predicted octanol–water partition coefficient (Wildman–Crippen LogP) is 4.03. The summed E-state index contributed by atoms with van der Waals surface area (Å²) in [6, 6.07) is 13.9. The molecule has 0 amide bonds. The fraction of sp³-hybridized carbons (Fsp3) is 0.188. The average Bonchev–Trinajstić information content (AvgIpc) is 2.85. The van der Waals surface area contributed by atoms with Crippen LogP contribution in [0.2, 0.25) is 0 Å². The molecule has 1 aromatic heterocycles. The van der Waals surface area contributed by atoms with Crippen LogP contribution in [0.15, 0.2) is 46.9 Å². The third kappa shape index (κ3) is 2.19. The quantitative estimate of drug-likeness (QED) is 0.716. The Morgan fingerprint density at radius 1 is 1.16 bits per heavy atom. The molecule has 0 saturated heterocycles. The Hall–Kier alpha value is -2.29. The van der Waals surface area contributed by atoms with Crippen molar-refractivity contribution < 1.29 is 4.42 Å². The number of rotatable bonds is 3. The van der Waals surface area contributed by atoms with Crippen LogP contribution in [-0.4, -0.2) is 4.98 Å². The number of nitrogens with two attached hydrogens (primary N) is 1. The number of nitrogen functional groups attached to an aromatic ring is 1. The molecule has 96 valence electrons. The van der Waals surface area contributed by atoms with Crippen molar-refractivity contribution in [2.75, 3.05) is 5.73 Å². The molecular weight excluding hydrogens is 236 g/mol. The van der Waals surface area contributed by atoms with Crippen LogP contribution in [0.5, 0.6) is 0 Å². The monoisotopic (exact) mass is 252 g/mol. The second-order valence-electron chi connectivity index (χ2n) is 4.67. The molecule has 19 heavy (non-hydrogen) atoms. The van der Waals surface area contributed by atoms with Crippen LogP contribution in [-0.2, 0) is 6.42 Å². The van der Waals surface area contributed by atoms with E-state index in [2.05, 4.69) is 18.0 Å². The van der Waals surface area contributed by atoms with E-state index >= 15 is 0 Å². The van der Waals surface area contributed by atoms with Crippen molar-refractivity contribution in [2.24, 2.45) is 0 Å². The van der Waals surface area contributed by atoms with Gasteiger partial charge in [-0.1, -0.05) is 31.5 Å². The number of hydrogen-bond donors (Lipinski definition) is 1. The molecule has 0 unspecified atom stereocenters. The van der Waals surface area contributed by atoms with E-state index in [9.17, 15) is 0 Å². The number of nitrogens with zero attached hydrogens (tertiary/aromatic N) is 1. The summed E-state index contributed by atoms with van der Waals surface area (Å²) >= 11 is 0. The first-order valence-corrected chi connectivity index (χ1v) is 6.52. The lowest BCUT2D eigenvalue weighted by Crippen LogP contribution is -1.90. The van der Waals surface area contributed by atoms with Crippen molar-refractivity contribution in [1.29, 1.82) is 0 Å². The molecule has 3 heteroatoms. The number of fused-ring (bicyclic) bond motifs is 1. The minimum atomic E-state index is 0.621. The largest absolute Gasteiger partial charge is 0.434 e. The molecule has 0 radical (unpaired) electrons. The van der Waals surface area contributed by atoms with Gasteiger partial charge in [0.2, 0.25) is 5.89 Å². The molecule has 3 aromatic rings. The summed E-state index contributed by atoms with van der Waals surface area (Å²) in [6.07, 6.45) is 2.10. The van der Waals surface area contributed by atoms with E-state index in [0.717, 1.165) is 23.9 Å². The van der Waals surface area contributed by atoms with Crippen LogP contribution < -0.4 is 5.73 Å². The zero-order valence-electron chi connectivity index (χ0n) is 10.9. The van der Waals surface area contributed by atoms with E-state index in [1.807, 2.05) is 36.4 Å². The second-order valence-corrected chi connectivity index (χ2v) is 4.67. The van der Waals surface area contributed by atoms with E-state index < -0.39 is 0 Å². The van der Waals surface area contributed by atoms with Crippen molar-refractivity contribution in [2.45, 2.75) is 19.8 Å². The van der Waals surface area contributed by atoms with E-state index in [0.29, 0.717) is 17.2 Å². The minimum Gasteiger partial charge on any atom is -0.434 e. The molecular formula is C16H16N2O. The van der Waals surface area contributed by atoms with Crippen LogP contribution in [0.4, 0.5) is 5.69 Å². The SMILES string of the molecule is CCCc1cc(N)c2oc(-c3ccccc3)nc2c1. The highest BCUT2D eigenvalue weighted by molar-refractivity contribution is 5.87. The van der Waals surface area contributed by atoms with Gasteiger partial charge in [-0.3, -0.25) is 0 Å². The fourth-order valence-corrected chi connectivity index (χ4v) is 2.26. The normalized spacial score (nSPS) is 11.0. The maximum atomic E-state index is 6.04. The van der Waals surface area contributed by atoms with E-state index in [-0.39, 0.29) is 0 Å². The zero-order valence-corrected chi connectivity index (χ0v) is 10.9. The molecule has 0 atom stereocenters. The summed E-state index contributed by atoms with van der Waals surface area (Å²) in [5.74, 6) is 0.621. The number of aryl methyl sites for hydroxylation is 1. The van der Waals surface area contributed by atoms with Crippen LogP contribution >= 0.6 is 0 Å². The number of benzene rings is 2. The third-order valence-corrected chi connectivity index (χ3v) is 3.14. The van der Waals surface area contributed by atoms with Gasteiger partial charge < -0.3 is 10.2 Å². The Morgan fingerprint density at radius 3 is 2.68 bits per heavy atom. The van der Waals surface area contributed by atoms with Gasteiger partial charge in [0.1, 0.15) is 5.52 Å². The first kappa shape index (κ1) is 11.8. The fourth-order valence-electron chi connectivity index (χ4n) is 2.26. The zero-order chi connectivity index (χ0) is 13.2. The molecule has 1 heterocycles. The predicted molar refractivity (Wildman–Crippen MR) is 77.9 cm³/mol. The molecule has 0 saturated carbocycles. The van der Waals surface area contributed by atoms with E-state index in [1.54, 1.807) is 0 Å². The van der Waals surface area contributed by atoms with Gasteiger partial charge in [0, 0.05) is 5.56 Å². The first-order chi connectivity index (χ1) is 9.28. The molecule has 3 nitrogen and oxygen atoms in total. The van der Waals surface area contributed by atoms with Crippen LogP contribution in [0.3, 0.4) is 0 Å². The highest BCUT2D eigenvalue weighted by Gasteiger charge is 2.11. The van der Waals surface area contributed by atoms with Gasteiger partial charge >= 0.3 is 0 Å². The highest BCUT2D eigenvalue weighted by Crippen LogP contribution is 2.29. The standard InChI is InChI=1S/C16H16N2O/c1-2-6-11-9-13(17)15-14(10-11)18-16(19-15)12-7-4-3-5-8-12/h3-5,7-10H,2,6,17H2,1H3. The number of hydrogen-bond acceptors (Lipinski definition) is 3. The van der Waals surface area contributed by atoms with Gasteiger partial charge in [0.05, 0.1) is 5.69 Å². The Labute approximate surface area is 112 Å². The van der Waals surface area contributed by atoms with E-state index in [1.165, 1.54) is 5.56 Å². The van der Waals surface area contributed by atoms with Crippen LogP contribution in [0, 0.1) is 0 Å². The van der Waals surface area contributed by atoms with Crippen LogP contribution in [0.1, 0.15) is 18.9 Å². The smallest absolute Gasteiger partial charge is 0.227 e. The maximum Gasteiger partial charge on any atom is 0.227 e. The summed E-state index contributed by atoms with van der Waals surface area (Å²) in [5.41, 5.74) is 10.4. The molecule has 3 rings (SSSR count). The summed E-state index contributed by atoms with van der Waals surface area (Å²) in [6.45, 7) is 2.15. The second kappa shape index (κ2) is 4.76. The molecule has 0 spiro atoms. The molecule has 0 aliphatic carbocycles. The van der Waals surface area contributed by atoms with Gasteiger partial charge in [-0.15, -0.1) is 0 Å². The van der Waals surface area contributed by atoms with Gasteiger partial charge in [-0.2, -0.15) is 0 Å². The van der Waals surface area contributed by atoms with Crippen molar-refractivity contribution in [1.82, 2.24) is 4.98 Å². The maximum absolute atomic E-state index is 6.04. The molecule has 0 fully saturated rings. The highest BCUT2D eigenvalue weighted by atomic mass is 16.3. The Balaban J connectivity index is 2.13. The van der Waals surface area contributed by atoms with Crippen molar-refractivity contribution >= 4 is 16.8 Å². The molecule has 0 aliphatic heterocycles. The lowest BCUT2D eigenvalue weighted by Gasteiger charge is -2.00. The topological polar surface area (TPSA) is 52.0 Å². The molecule has 0 aliphatic rings.